The first-order valence-corrected chi connectivity index (χ1v) is 9.42. The number of aliphatic carboxylic acids is 1. The largest absolute Gasteiger partial charge is 0.480 e. The predicted octanol–water partition coefficient (Wildman–Crippen LogP) is -1.07. The minimum atomic E-state index is -1.43. The molecular weight excluding hydrogens is 420 g/mol. The molecule has 13 heteroatoms. The van der Waals surface area contributed by atoms with E-state index in [1.165, 1.54) is 6.07 Å². The van der Waals surface area contributed by atoms with Crippen molar-refractivity contribution >= 4 is 17.8 Å². The Labute approximate surface area is 181 Å². The zero-order valence-corrected chi connectivity index (χ0v) is 17.0. The van der Waals surface area contributed by atoms with E-state index in [0.29, 0.717) is 11.3 Å². The van der Waals surface area contributed by atoms with Crippen molar-refractivity contribution in [2.24, 2.45) is 0 Å². The van der Waals surface area contributed by atoms with Gasteiger partial charge in [0.15, 0.2) is 0 Å². The van der Waals surface area contributed by atoms with Gasteiger partial charge in [-0.05, 0) is 35.9 Å². The molecular formula is C19H20N8O5. The van der Waals surface area contributed by atoms with Crippen molar-refractivity contribution in [2.45, 2.75) is 26.1 Å². The lowest BCUT2D eigenvalue weighted by atomic mass is 10.1. The summed E-state index contributed by atoms with van der Waals surface area (Å²) in [6, 6.07) is 5.33. The van der Waals surface area contributed by atoms with Crippen molar-refractivity contribution < 1.29 is 24.6 Å². The average molecular weight is 440 g/mol. The quantitative estimate of drug-likeness (QED) is 0.319. The molecule has 0 spiro atoms. The maximum atomic E-state index is 12.5. The lowest BCUT2D eigenvalue weighted by Gasteiger charge is -2.10. The molecule has 3 aromatic heterocycles. The van der Waals surface area contributed by atoms with Gasteiger partial charge in [-0.3, -0.25) is 14.6 Å². The summed E-state index contributed by atoms with van der Waals surface area (Å²) in [6.45, 7) is 0.838. The van der Waals surface area contributed by atoms with Gasteiger partial charge in [0.25, 0.3) is 5.91 Å². The molecule has 3 rings (SSSR count). The van der Waals surface area contributed by atoms with Gasteiger partial charge in [0, 0.05) is 30.2 Å². The average Bonchev–Trinajstić information content (AvgIpc) is 3.24. The lowest BCUT2D eigenvalue weighted by molar-refractivity contribution is -0.143. The van der Waals surface area contributed by atoms with Crippen LogP contribution in [0.25, 0.3) is 11.4 Å². The number of hydrogen-bond donors (Lipinski definition) is 4. The molecule has 0 aliphatic heterocycles. The Morgan fingerprint density at radius 3 is 2.75 bits per heavy atom. The Hall–Kier alpha value is -4.26. The molecule has 3 heterocycles. The summed E-state index contributed by atoms with van der Waals surface area (Å²) in [7, 11) is 0. The molecule has 32 heavy (non-hydrogen) atoms. The molecule has 0 aromatic carbocycles. The summed E-state index contributed by atoms with van der Waals surface area (Å²) in [5, 5.41) is 34.5. The first kappa shape index (κ1) is 22.4. The van der Waals surface area contributed by atoms with Crippen molar-refractivity contribution in [3.05, 3.63) is 53.6 Å². The number of aliphatic hydroxyl groups excluding tert-OH is 1. The summed E-state index contributed by atoms with van der Waals surface area (Å²) >= 11 is 0. The minimum absolute atomic E-state index is 0.154. The molecule has 166 valence electrons. The second-order valence-corrected chi connectivity index (χ2v) is 6.71. The zero-order chi connectivity index (χ0) is 23.1. The zero-order valence-electron chi connectivity index (χ0n) is 17.0. The van der Waals surface area contributed by atoms with Crippen LogP contribution < -0.4 is 10.6 Å². The van der Waals surface area contributed by atoms with E-state index < -0.39 is 37.0 Å². The predicted molar refractivity (Wildman–Crippen MR) is 108 cm³/mol. The molecule has 2 amide bonds. The number of aryl methyl sites for hydroxylation is 1. The van der Waals surface area contributed by atoms with Crippen molar-refractivity contribution in [3.63, 3.8) is 0 Å². The van der Waals surface area contributed by atoms with E-state index in [1.54, 1.807) is 31.5 Å². The van der Waals surface area contributed by atoms with E-state index in [2.05, 4.69) is 36.0 Å². The molecule has 0 aliphatic carbocycles. The summed E-state index contributed by atoms with van der Waals surface area (Å²) < 4.78 is 0. The summed E-state index contributed by atoms with van der Waals surface area (Å²) in [5.74, 6) is -2.32. The van der Waals surface area contributed by atoms with Crippen LogP contribution in [0.4, 0.5) is 0 Å². The van der Waals surface area contributed by atoms with E-state index >= 15 is 0 Å². The number of hydrogen-bond acceptors (Lipinski definition) is 9. The van der Waals surface area contributed by atoms with Crippen LogP contribution >= 0.6 is 0 Å². The van der Waals surface area contributed by atoms with E-state index in [4.69, 9.17) is 10.2 Å². The second-order valence-electron chi connectivity index (χ2n) is 6.71. The van der Waals surface area contributed by atoms with E-state index in [-0.39, 0.29) is 18.1 Å². The number of aromatic nitrogens is 6. The normalized spacial score (nSPS) is 11.6. The smallest absolute Gasteiger partial charge is 0.328 e. The maximum absolute atomic E-state index is 12.5. The molecule has 1 unspecified atom stereocenters. The van der Waals surface area contributed by atoms with Gasteiger partial charge in [-0.15, -0.1) is 10.2 Å². The van der Waals surface area contributed by atoms with Crippen molar-refractivity contribution in [1.29, 1.82) is 0 Å². The van der Waals surface area contributed by atoms with E-state index in [0.717, 1.165) is 10.4 Å². The van der Waals surface area contributed by atoms with Crippen LogP contribution in [-0.2, 0) is 22.7 Å². The van der Waals surface area contributed by atoms with E-state index in [9.17, 15) is 14.4 Å². The van der Waals surface area contributed by atoms with Crippen molar-refractivity contribution in [2.75, 3.05) is 6.61 Å². The Morgan fingerprint density at radius 2 is 2.06 bits per heavy atom. The maximum Gasteiger partial charge on any atom is 0.328 e. The van der Waals surface area contributed by atoms with Crippen LogP contribution in [0.1, 0.15) is 21.7 Å². The van der Waals surface area contributed by atoms with Gasteiger partial charge in [-0.2, -0.15) is 4.80 Å². The standard InChI is InChI=1S/C19H20N8O5/c1-11-5-13(6-14(22-11)18(30)21-8-12-3-2-4-20-7-12)17-24-26-27(25-17)9-16(29)23-15(10-28)19(31)32/h2-7,15,28H,8-10H2,1H3,(H,21,30)(H,23,29)(H,31,32). The summed E-state index contributed by atoms with van der Waals surface area (Å²) in [5.41, 5.74) is 2.01. The Morgan fingerprint density at radius 1 is 1.25 bits per heavy atom. The van der Waals surface area contributed by atoms with Gasteiger partial charge in [0.2, 0.25) is 11.7 Å². The number of amides is 2. The van der Waals surface area contributed by atoms with Crippen LogP contribution in [-0.4, -0.2) is 70.8 Å². The summed E-state index contributed by atoms with van der Waals surface area (Å²) in [6.07, 6.45) is 3.29. The highest BCUT2D eigenvalue weighted by molar-refractivity contribution is 5.93. The van der Waals surface area contributed by atoms with Crippen LogP contribution in [0.5, 0.6) is 0 Å². The number of rotatable bonds is 9. The van der Waals surface area contributed by atoms with Crippen LogP contribution in [0, 0.1) is 6.92 Å². The number of tetrazole rings is 1. The molecule has 0 bridgehead atoms. The molecule has 13 nitrogen and oxygen atoms in total. The number of pyridine rings is 2. The van der Waals surface area contributed by atoms with Crippen molar-refractivity contribution in [1.82, 2.24) is 40.8 Å². The fraction of sp³-hybridized carbons (Fsp3) is 0.263. The minimum Gasteiger partial charge on any atom is -0.480 e. The number of nitrogens with zero attached hydrogens (tertiary/aromatic N) is 6. The highest BCUT2D eigenvalue weighted by Crippen LogP contribution is 2.16. The fourth-order valence-corrected chi connectivity index (χ4v) is 2.67. The molecule has 1 atom stereocenters. The van der Waals surface area contributed by atoms with Crippen LogP contribution in [0.3, 0.4) is 0 Å². The first-order chi connectivity index (χ1) is 15.4. The number of carboxylic acids is 1. The van der Waals surface area contributed by atoms with Gasteiger partial charge in [-0.25, -0.2) is 9.78 Å². The fourth-order valence-electron chi connectivity index (χ4n) is 2.67. The number of carbonyl (C=O) groups excluding carboxylic acids is 2. The first-order valence-electron chi connectivity index (χ1n) is 9.42. The molecule has 0 saturated carbocycles. The van der Waals surface area contributed by atoms with Gasteiger partial charge < -0.3 is 20.8 Å². The molecule has 4 N–H and O–H groups in total. The van der Waals surface area contributed by atoms with Gasteiger partial charge in [0.1, 0.15) is 18.3 Å². The highest BCUT2D eigenvalue weighted by Gasteiger charge is 2.20. The lowest BCUT2D eigenvalue weighted by Crippen LogP contribution is -2.44. The van der Waals surface area contributed by atoms with Crippen LogP contribution in [0.15, 0.2) is 36.7 Å². The third-order valence-corrected chi connectivity index (χ3v) is 4.17. The van der Waals surface area contributed by atoms with Gasteiger partial charge in [-0.1, -0.05) is 6.07 Å². The highest BCUT2D eigenvalue weighted by atomic mass is 16.4. The van der Waals surface area contributed by atoms with Gasteiger partial charge >= 0.3 is 5.97 Å². The van der Waals surface area contributed by atoms with Crippen molar-refractivity contribution in [3.8, 4) is 11.4 Å². The number of nitrogens with one attached hydrogen (secondary N) is 2. The number of carboxylic acid groups (broad SMARTS) is 1. The molecule has 0 saturated heterocycles. The Balaban J connectivity index is 1.69. The Kier molecular flexibility index (Phi) is 7.13. The molecule has 3 aromatic rings. The monoisotopic (exact) mass is 440 g/mol. The number of aliphatic hydroxyl groups is 1. The molecule has 0 fully saturated rings. The third kappa shape index (κ3) is 5.89. The topological polar surface area (TPSA) is 185 Å². The third-order valence-electron chi connectivity index (χ3n) is 4.17. The molecule has 0 radical (unpaired) electrons. The van der Waals surface area contributed by atoms with E-state index in [1.807, 2.05) is 6.07 Å². The Bertz CT molecular complexity index is 1120. The SMILES string of the molecule is Cc1cc(-c2nnn(CC(=O)NC(CO)C(=O)O)n2)cc(C(=O)NCc2cccnc2)n1. The molecule has 0 aliphatic rings. The number of carbonyl (C=O) groups is 3. The summed E-state index contributed by atoms with van der Waals surface area (Å²) in [4.78, 5) is 44.5. The van der Waals surface area contributed by atoms with Crippen LogP contribution in [0.2, 0.25) is 0 Å². The second kappa shape index (κ2) is 10.2. The van der Waals surface area contributed by atoms with Gasteiger partial charge in [0.05, 0.1) is 6.61 Å².